The van der Waals surface area contributed by atoms with E-state index in [0.717, 1.165) is 0 Å². The predicted octanol–water partition coefficient (Wildman–Crippen LogP) is 0.999. The molecule has 106 heavy (non-hydrogen) atoms. The topological polar surface area (TPSA) is 503 Å². The lowest BCUT2D eigenvalue weighted by Crippen LogP contribution is -2.55. The van der Waals surface area contributed by atoms with Crippen molar-refractivity contribution in [3.63, 3.8) is 0 Å². The zero-order valence-electron chi connectivity index (χ0n) is 61.7. The Bertz CT molecular complexity index is 2370. The van der Waals surface area contributed by atoms with Crippen molar-refractivity contribution >= 4 is 41.2 Å². The molecular weight excluding hydrogens is 1470 g/mol. The summed E-state index contributed by atoms with van der Waals surface area (Å²) in [6.45, 7) is 5.47. The molecule has 6 aliphatic rings. The van der Waals surface area contributed by atoms with Crippen molar-refractivity contribution in [2.45, 2.75) is 228 Å². The van der Waals surface area contributed by atoms with E-state index >= 15 is 0 Å². The first-order chi connectivity index (χ1) is 50.5. The van der Waals surface area contributed by atoms with E-state index in [1.54, 1.807) is 35.5 Å². The second-order valence-electron chi connectivity index (χ2n) is 28.3. The van der Waals surface area contributed by atoms with Crippen LogP contribution in [-0.2, 0) is 103 Å². The van der Waals surface area contributed by atoms with Gasteiger partial charge in [-0.25, -0.2) is 13.7 Å². The Hall–Kier alpha value is -2.02. The highest BCUT2D eigenvalue weighted by atomic mass is 31.2. The van der Waals surface area contributed by atoms with Crippen molar-refractivity contribution in [2.24, 2.45) is 23.2 Å². The van der Waals surface area contributed by atoms with Gasteiger partial charge in [-0.2, -0.15) is 0 Å². The Labute approximate surface area is 620 Å². The molecule has 18 atom stereocenters. The number of aliphatic hydroxyl groups excluding tert-OH is 9. The molecule has 40 heteroatoms. The number of amides is 3. The fourth-order valence-electron chi connectivity index (χ4n) is 13.2. The molecule has 9 unspecified atom stereocenters. The first kappa shape index (κ1) is 92.8. The molecule has 6 fully saturated rings. The summed E-state index contributed by atoms with van der Waals surface area (Å²) in [6, 6.07) is 0. The number of piperidine rings is 3. The van der Waals surface area contributed by atoms with Gasteiger partial charge in [0.2, 0.25) is 17.7 Å². The normalized spacial score (nSPS) is 30.6. The highest BCUT2D eigenvalue weighted by molar-refractivity contribution is 7.48. The number of carbonyl (C=O) groups excluding carboxylic acids is 3. The molecule has 0 aromatic rings. The maximum Gasteiger partial charge on any atom is 0.472 e. The number of likely N-dealkylation sites (tertiary alicyclic amines) is 3. The van der Waals surface area contributed by atoms with Crippen molar-refractivity contribution in [1.29, 1.82) is 0 Å². The lowest BCUT2D eigenvalue weighted by Gasteiger charge is -2.40. The number of methoxy groups -OCH3 is 1. The van der Waals surface area contributed by atoms with Gasteiger partial charge in [-0.1, -0.05) is 20.8 Å². The Morgan fingerprint density at radius 2 is 0.651 bits per heavy atom. The molecule has 0 aromatic heterocycles. The van der Waals surface area contributed by atoms with Gasteiger partial charge in [-0.05, 0) is 96.3 Å². The zero-order chi connectivity index (χ0) is 77.5. The molecule has 37 nitrogen and oxygen atoms in total. The van der Waals surface area contributed by atoms with Crippen LogP contribution < -0.4 is 0 Å². The number of nitrogens with zero attached hydrogens (tertiary/aromatic N) is 3. The van der Waals surface area contributed by atoms with E-state index in [-0.39, 0.29) is 142 Å². The maximum atomic E-state index is 13.1. The third-order valence-corrected chi connectivity index (χ3v) is 23.0. The number of phosphoric ester groups is 3. The first-order valence-corrected chi connectivity index (χ1v) is 41.8. The number of hydrogen-bond acceptors (Lipinski definition) is 31. The number of unbranched alkanes of at least 4 members (excludes halogenated alkanes) is 3. The van der Waals surface area contributed by atoms with Gasteiger partial charge in [0.05, 0.1) is 108 Å². The molecule has 12 N–H and O–H groups in total. The van der Waals surface area contributed by atoms with E-state index in [4.69, 9.17) is 74.5 Å². The Balaban J connectivity index is 0.877. The monoisotopic (exact) mass is 1590 g/mol. The average molecular weight is 1590 g/mol. The lowest BCUT2D eigenvalue weighted by atomic mass is 9.92. The number of ether oxygens (including phenoxy) is 10. The molecule has 6 saturated heterocycles. The Kier molecular flexibility index (Phi) is 41.7. The molecule has 0 spiro atoms. The summed E-state index contributed by atoms with van der Waals surface area (Å²) < 4.78 is 129. The van der Waals surface area contributed by atoms with Gasteiger partial charge in [-0.15, -0.1) is 0 Å². The van der Waals surface area contributed by atoms with Crippen molar-refractivity contribution < 1.29 is 163 Å². The van der Waals surface area contributed by atoms with E-state index in [2.05, 4.69) is 0 Å². The number of rotatable bonds is 50. The van der Waals surface area contributed by atoms with Gasteiger partial charge in [-0.3, -0.25) is 41.5 Å². The van der Waals surface area contributed by atoms with Crippen LogP contribution in [-0.4, -0.2) is 337 Å². The summed E-state index contributed by atoms with van der Waals surface area (Å²) in [5, 5.41) is 89.5. The highest BCUT2D eigenvalue weighted by Crippen LogP contribution is 2.48. The van der Waals surface area contributed by atoms with E-state index in [1.807, 2.05) is 0 Å². The van der Waals surface area contributed by atoms with E-state index < -0.39 is 159 Å². The molecule has 620 valence electrons. The van der Waals surface area contributed by atoms with Crippen LogP contribution in [0, 0.1) is 23.2 Å². The molecule has 6 aliphatic heterocycles. The fourth-order valence-corrected chi connectivity index (χ4v) is 16.2. The van der Waals surface area contributed by atoms with E-state index in [9.17, 15) is 88.7 Å². The number of carbonyl (C=O) groups is 3. The number of aliphatic hydroxyl groups is 9. The Morgan fingerprint density at radius 3 is 0.896 bits per heavy atom. The molecule has 0 aromatic carbocycles. The predicted molar refractivity (Wildman–Crippen MR) is 370 cm³/mol. The summed E-state index contributed by atoms with van der Waals surface area (Å²) in [6.07, 6.45) is -8.45. The van der Waals surface area contributed by atoms with Crippen LogP contribution in [0.25, 0.3) is 0 Å². The van der Waals surface area contributed by atoms with E-state index in [1.165, 1.54) is 7.11 Å². The summed E-state index contributed by atoms with van der Waals surface area (Å²) >= 11 is 0. The van der Waals surface area contributed by atoms with Crippen molar-refractivity contribution in [3.05, 3.63) is 0 Å². The second-order valence-corrected chi connectivity index (χ2v) is 32.5. The van der Waals surface area contributed by atoms with Crippen LogP contribution in [0.1, 0.15) is 136 Å². The van der Waals surface area contributed by atoms with Crippen molar-refractivity contribution in [2.75, 3.05) is 152 Å². The van der Waals surface area contributed by atoms with Gasteiger partial charge in [0.15, 0.2) is 18.9 Å². The Morgan fingerprint density at radius 1 is 0.387 bits per heavy atom. The number of hydrogen-bond donors (Lipinski definition) is 12. The van der Waals surface area contributed by atoms with Gasteiger partial charge < -0.3 is 123 Å². The summed E-state index contributed by atoms with van der Waals surface area (Å²) in [7, 11) is -12.1. The quantitative estimate of drug-likeness (QED) is 0.0298. The van der Waals surface area contributed by atoms with Gasteiger partial charge in [0.1, 0.15) is 36.6 Å². The van der Waals surface area contributed by atoms with Crippen LogP contribution in [0.2, 0.25) is 0 Å². The minimum Gasteiger partial charge on any atom is -0.394 e. The van der Waals surface area contributed by atoms with Crippen molar-refractivity contribution in [3.8, 4) is 0 Å². The SMILES string of the molecule is COCC(COCCCOP(=O)(O)OC1CCN(C(=O)CCCCO[C@@H]2OC(CO)[C@H](O)[C@H](O)C2C)CC1)(COCCCOP(=O)(O)OC1CCN(C(=O)CCCCO[C@@H]2OC(CO)[C@H](O)[C@H](O)C2C)CC1)COCCCOP(=O)(O)OC1CCN(C(=O)CCCCO[C@@H]2OC(CO)[C@H](O)[C@H](O)C2C)CC1. The molecule has 3 amide bonds. The third-order valence-electron chi connectivity index (χ3n) is 19.7. The molecule has 0 aliphatic carbocycles. The third kappa shape index (κ3) is 31.4. The molecule has 6 rings (SSSR count). The summed E-state index contributed by atoms with van der Waals surface area (Å²) in [5.41, 5.74) is -0.986. The highest BCUT2D eigenvalue weighted by Gasteiger charge is 2.46. The van der Waals surface area contributed by atoms with E-state index in [0.29, 0.717) is 116 Å². The molecule has 0 radical (unpaired) electrons. The van der Waals surface area contributed by atoms with Crippen LogP contribution >= 0.6 is 23.5 Å². The molecule has 6 heterocycles. The fraction of sp³-hybridized carbons (Fsp3) is 0.955. The first-order valence-electron chi connectivity index (χ1n) is 37.3. The van der Waals surface area contributed by atoms with Crippen LogP contribution in [0.5, 0.6) is 0 Å². The maximum absolute atomic E-state index is 13.1. The zero-order valence-corrected chi connectivity index (χ0v) is 64.4. The standard InChI is InChI=1S/C66H122N3O34P3/c1-45-57(76)60(79)51(38-70)98-63(45)92-32-8-5-14-54(73)67-23-17-48(18-24-67)101-104(82,83)95-35-11-29-89-42-66(41-88-4,43-90-30-12-36-96-105(84,85)102-49-19-25-68(26-20-49)55(74)15-6-9-33-93-64-46(2)58(77)61(80)52(39-71)99-64)44-91-31-13-37-97-106(86,87)103-50-21-27-69(28-22-50)56(75)16-7-10-34-94-65-47(3)59(78)62(81)53(40-72)100-65/h45-53,57-65,70-72,76-81H,5-44H2,1-4H3,(H,82,83)(H,84,85)(H,86,87)/t45?,46?,47?,51?,52?,53?,57-,58-,59-,60+,61+,62+,63-,64-,65-,66?/m1/s1. The molecular formula is C66H122N3O34P3. The van der Waals surface area contributed by atoms with Gasteiger partial charge in [0.25, 0.3) is 0 Å². The van der Waals surface area contributed by atoms with Gasteiger partial charge in [0, 0.05) is 123 Å². The van der Waals surface area contributed by atoms with Crippen LogP contribution in [0.15, 0.2) is 0 Å². The molecule has 0 bridgehead atoms. The number of phosphoric acid groups is 3. The lowest BCUT2D eigenvalue weighted by molar-refractivity contribution is -0.282. The van der Waals surface area contributed by atoms with Crippen LogP contribution in [0.4, 0.5) is 0 Å². The largest absolute Gasteiger partial charge is 0.472 e. The van der Waals surface area contributed by atoms with Crippen LogP contribution in [0.3, 0.4) is 0 Å². The molecule has 0 saturated carbocycles. The summed E-state index contributed by atoms with van der Waals surface area (Å²) in [4.78, 5) is 75.9. The average Bonchev–Trinajstić information content (AvgIpc) is 0.835. The van der Waals surface area contributed by atoms with Gasteiger partial charge >= 0.3 is 23.5 Å². The minimum atomic E-state index is -4.53. The second kappa shape index (κ2) is 47.6. The smallest absolute Gasteiger partial charge is 0.394 e. The van der Waals surface area contributed by atoms with Crippen molar-refractivity contribution in [1.82, 2.24) is 14.7 Å². The summed E-state index contributed by atoms with van der Waals surface area (Å²) in [5.74, 6) is -1.89. The minimum absolute atomic E-state index is 0.0219.